The van der Waals surface area contributed by atoms with E-state index in [0.717, 1.165) is 12.1 Å². The van der Waals surface area contributed by atoms with Gasteiger partial charge in [0.1, 0.15) is 0 Å². The Morgan fingerprint density at radius 2 is 1.50 bits per heavy atom. The number of non-ortho nitro benzene ring substituents is 1. The van der Waals surface area contributed by atoms with Crippen LogP contribution < -0.4 is 4.90 Å². The van der Waals surface area contributed by atoms with Gasteiger partial charge < -0.3 is 14.4 Å². The molecule has 0 atom stereocenters. The van der Waals surface area contributed by atoms with E-state index in [1.54, 1.807) is 29.2 Å². The average Bonchev–Trinajstić information content (AvgIpc) is 2.82. The van der Waals surface area contributed by atoms with Gasteiger partial charge in [-0.1, -0.05) is 0 Å². The van der Waals surface area contributed by atoms with E-state index < -0.39 is 33.2 Å². The van der Waals surface area contributed by atoms with Crippen LogP contribution in [0, 0.1) is 20.2 Å². The summed E-state index contributed by atoms with van der Waals surface area (Å²) in [4.78, 5) is 45.6. The van der Waals surface area contributed by atoms with Crippen molar-refractivity contribution in [3.8, 4) is 0 Å². The van der Waals surface area contributed by atoms with Gasteiger partial charge in [-0.3, -0.25) is 29.8 Å². The van der Waals surface area contributed by atoms with Crippen molar-refractivity contribution in [1.29, 1.82) is 0 Å². The highest BCUT2D eigenvalue weighted by atomic mass is 79.9. The van der Waals surface area contributed by atoms with Crippen molar-refractivity contribution >= 4 is 56.3 Å². The molecule has 0 N–H and O–H groups in total. The molecule has 2 aromatic rings. The van der Waals surface area contributed by atoms with Crippen molar-refractivity contribution in [2.24, 2.45) is 10.2 Å². The Bertz CT molecular complexity index is 1090. The van der Waals surface area contributed by atoms with E-state index in [-0.39, 0.29) is 23.0 Å². The Hall–Kier alpha value is -3.94. The van der Waals surface area contributed by atoms with E-state index in [9.17, 15) is 29.8 Å². The van der Waals surface area contributed by atoms with E-state index in [1.807, 2.05) is 0 Å². The second kappa shape index (κ2) is 12.3. The van der Waals surface area contributed by atoms with Crippen LogP contribution in [0.3, 0.4) is 0 Å². The minimum Gasteiger partial charge on any atom is -0.469 e. The summed E-state index contributed by atoms with van der Waals surface area (Å²) >= 11 is 3.06. The fourth-order valence-electron chi connectivity index (χ4n) is 2.78. The number of nitro benzene ring substituents is 2. The quantitative estimate of drug-likeness (QED) is 0.172. The highest BCUT2D eigenvalue weighted by Crippen LogP contribution is 2.39. The lowest BCUT2D eigenvalue weighted by atomic mass is 10.2. The average molecular weight is 538 g/mol. The summed E-state index contributed by atoms with van der Waals surface area (Å²) in [6, 6.07) is 8.46. The number of carbonyl (C=O) groups is 2. The number of carbonyl (C=O) groups excluding carboxylic acids is 2. The van der Waals surface area contributed by atoms with Crippen LogP contribution in [0.25, 0.3) is 0 Å². The molecule has 2 aromatic carbocycles. The molecule has 14 heteroatoms. The fraction of sp³-hybridized carbons (Fsp3) is 0.300. The number of hydrogen-bond acceptors (Lipinski definition) is 11. The maximum absolute atomic E-state index is 11.5. The third kappa shape index (κ3) is 7.30. The van der Waals surface area contributed by atoms with E-state index in [0.29, 0.717) is 24.5 Å². The molecule has 2 rings (SSSR count). The van der Waals surface area contributed by atoms with Crippen LogP contribution in [0.1, 0.15) is 12.8 Å². The maximum Gasteiger partial charge on any atom is 0.307 e. The monoisotopic (exact) mass is 537 g/mol. The molecule has 0 aliphatic carbocycles. The lowest BCUT2D eigenvalue weighted by Gasteiger charge is -2.24. The third-order valence-electron chi connectivity index (χ3n) is 4.54. The van der Waals surface area contributed by atoms with Gasteiger partial charge in [0.25, 0.3) is 5.69 Å². The highest BCUT2D eigenvalue weighted by molar-refractivity contribution is 9.10. The van der Waals surface area contributed by atoms with Crippen molar-refractivity contribution < 1.29 is 28.9 Å². The van der Waals surface area contributed by atoms with Crippen molar-refractivity contribution in [2.45, 2.75) is 12.8 Å². The molecule has 0 heterocycles. The number of nitrogens with zero attached hydrogens (tertiary/aromatic N) is 5. The summed E-state index contributed by atoms with van der Waals surface area (Å²) in [6.07, 6.45) is 0.216. The lowest BCUT2D eigenvalue weighted by Crippen LogP contribution is -2.29. The molecule has 0 saturated heterocycles. The van der Waals surface area contributed by atoms with E-state index in [2.05, 4.69) is 35.6 Å². The highest BCUT2D eigenvalue weighted by Gasteiger charge is 2.23. The molecule has 0 aliphatic heterocycles. The van der Waals surface area contributed by atoms with Gasteiger partial charge in [-0.15, -0.1) is 5.11 Å². The largest absolute Gasteiger partial charge is 0.469 e. The first-order valence-electron chi connectivity index (χ1n) is 9.69. The standard InChI is InChI=1S/C20H20BrN5O8/c1-33-18(27)7-9-24(10-8-19(28)34-2)14-5-3-13(4-6-14)22-23-20-16(21)11-15(25(29)30)12-17(20)26(31)32/h3-6,11-12H,7-10H2,1-2H3. The van der Waals surface area contributed by atoms with Gasteiger partial charge in [-0.2, -0.15) is 5.11 Å². The minimum absolute atomic E-state index is 0.0468. The van der Waals surface area contributed by atoms with Crippen LogP contribution in [-0.4, -0.2) is 49.1 Å². The van der Waals surface area contributed by atoms with Crippen LogP contribution in [-0.2, 0) is 19.1 Å². The summed E-state index contributed by atoms with van der Waals surface area (Å²) in [5.41, 5.74) is -0.157. The van der Waals surface area contributed by atoms with E-state index in [4.69, 9.17) is 0 Å². The van der Waals surface area contributed by atoms with Gasteiger partial charge in [-0.05, 0) is 40.2 Å². The summed E-state index contributed by atoms with van der Waals surface area (Å²) in [7, 11) is 2.57. The van der Waals surface area contributed by atoms with Crippen LogP contribution >= 0.6 is 15.9 Å². The third-order valence-corrected chi connectivity index (χ3v) is 5.15. The number of esters is 2. The van der Waals surface area contributed by atoms with Crippen molar-refractivity contribution in [1.82, 2.24) is 0 Å². The Kier molecular flexibility index (Phi) is 9.55. The molecule has 0 amide bonds. The Balaban J connectivity index is 2.26. The number of halogens is 1. The molecule has 0 bridgehead atoms. The molecule has 13 nitrogen and oxygen atoms in total. The van der Waals surface area contributed by atoms with Gasteiger partial charge in [0, 0.05) is 24.8 Å². The number of azo groups is 1. The summed E-state index contributed by atoms with van der Waals surface area (Å²) in [5, 5.41) is 30.2. The zero-order chi connectivity index (χ0) is 25.3. The summed E-state index contributed by atoms with van der Waals surface area (Å²) < 4.78 is 9.37. The summed E-state index contributed by atoms with van der Waals surface area (Å²) in [5.74, 6) is -0.799. The van der Waals surface area contributed by atoms with E-state index >= 15 is 0 Å². The van der Waals surface area contributed by atoms with Gasteiger partial charge in [-0.25, -0.2) is 0 Å². The predicted octanol–water partition coefficient (Wildman–Crippen LogP) is 4.61. The molecule has 0 fully saturated rings. The minimum atomic E-state index is -0.782. The Labute approximate surface area is 201 Å². The van der Waals surface area contributed by atoms with Crippen molar-refractivity contribution in [3.05, 3.63) is 61.1 Å². The van der Waals surface area contributed by atoms with Gasteiger partial charge in [0.2, 0.25) is 0 Å². The van der Waals surface area contributed by atoms with Gasteiger partial charge in [0.15, 0.2) is 5.69 Å². The van der Waals surface area contributed by atoms with E-state index in [1.165, 1.54) is 14.2 Å². The van der Waals surface area contributed by atoms with Crippen LogP contribution in [0.5, 0.6) is 0 Å². The second-order valence-corrected chi connectivity index (χ2v) is 7.52. The smallest absolute Gasteiger partial charge is 0.307 e. The molecule has 0 aliphatic rings. The topological polar surface area (TPSA) is 167 Å². The van der Waals surface area contributed by atoms with Crippen molar-refractivity contribution in [3.63, 3.8) is 0 Å². The molecule has 0 spiro atoms. The molecular formula is C20H20BrN5O8. The second-order valence-electron chi connectivity index (χ2n) is 6.67. The number of ether oxygens (including phenoxy) is 2. The Morgan fingerprint density at radius 3 is 1.97 bits per heavy atom. The fourth-order valence-corrected chi connectivity index (χ4v) is 3.30. The van der Waals surface area contributed by atoms with Crippen LogP contribution in [0.4, 0.5) is 28.4 Å². The molecule has 0 saturated carbocycles. The molecule has 0 radical (unpaired) electrons. The molecule has 34 heavy (non-hydrogen) atoms. The first-order valence-corrected chi connectivity index (χ1v) is 10.5. The molecule has 0 aromatic heterocycles. The number of benzene rings is 2. The molecule has 0 unspecified atom stereocenters. The maximum atomic E-state index is 11.5. The number of anilines is 1. The molecular weight excluding hydrogens is 518 g/mol. The Morgan fingerprint density at radius 1 is 0.941 bits per heavy atom. The number of rotatable bonds is 11. The summed E-state index contributed by atoms with van der Waals surface area (Å²) in [6.45, 7) is 0.596. The first kappa shape index (κ1) is 26.3. The number of methoxy groups -OCH3 is 2. The predicted molar refractivity (Wildman–Crippen MR) is 124 cm³/mol. The zero-order valence-corrected chi connectivity index (χ0v) is 19.8. The van der Waals surface area contributed by atoms with Gasteiger partial charge >= 0.3 is 17.6 Å². The van der Waals surface area contributed by atoms with Crippen LogP contribution in [0.15, 0.2) is 51.1 Å². The number of nitro groups is 2. The first-order chi connectivity index (χ1) is 16.2. The normalized spacial score (nSPS) is 10.7. The zero-order valence-electron chi connectivity index (χ0n) is 18.2. The molecule has 180 valence electrons. The number of hydrogen-bond donors (Lipinski definition) is 0. The lowest BCUT2D eigenvalue weighted by molar-refractivity contribution is -0.393. The van der Waals surface area contributed by atoms with Gasteiger partial charge in [0.05, 0.1) is 53.1 Å². The van der Waals surface area contributed by atoms with Crippen LogP contribution in [0.2, 0.25) is 0 Å². The SMILES string of the molecule is COC(=O)CCN(CCC(=O)OC)c1ccc(N=Nc2c(Br)cc([N+](=O)[O-])cc2[N+](=O)[O-])cc1. The van der Waals surface area contributed by atoms with Crippen molar-refractivity contribution in [2.75, 3.05) is 32.2 Å².